The fraction of sp³-hybridized carbons (Fsp3) is 0.0714. The van der Waals surface area contributed by atoms with Gasteiger partial charge in [0.15, 0.2) is 5.82 Å². The number of anilines is 1. The lowest BCUT2D eigenvalue weighted by Crippen LogP contribution is -2.28. The molecule has 0 aliphatic carbocycles. The number of nitrogens with two attached hydrogens (primary N) is 1. The molecule has 2 aromatic carbocycles. The molecular weight excluding hydrogens is 267 g/mol. The molecule has 0 saturated carbocycles. The number of carbonyl (C=O) groups is 1. The molecule has 1 unspecified atom stereocenters. The van der Waals surface area contributed by atoms with E-state index >= 15 is 0 Å². The Morgan fingerprint density at radius 3 is 2.53 bits per heavy atom. The fourth-order valence-electron chi connectivity index (χ4n) is 1.62. The highest BCUT2D eigenvalue weighted by molar-refractivity contribution is 6.31. The van der Waals surface area contributed by atoms with Gasteiger partial charge in [-0.2, -0.15) is 0 Å². The lowest BCUT2D eigenvalue weighted by Gasteiger charge is -2.13. The normalized spacial score (nSPS) is 11.9. The second-order valence-corrected chi connectivity index (χ2v) is 4.39. The molecule has 0 heterocycles. The Morgan fingerprint density at radius 1 is 1.16 bits per heavy atom. The quantitative estimate of drug-likeness (QED) is 0.906. The Kier molecular flexibility index (Phi) is 4.14. The van der Waals surface area contributed by atoms with Crippen molar-refractivity contribution in [2.75, 3.05) is 5.32 Å². The summed E-state index contributed by atoms with van der Waals surface area (Å²) in [6, 6.07) is 12.4. The number of rotatable bonds is 3. The molecule has 19 heavy (non-hydrogen) atoms. The summed E-state index contributed by atoms with van der Waals surface area (Å²) in [6.07, 6.45) is 0. The predicted octanol–water partition coefficient (Wildman–Crippen LogP) is 3.12. The Balaban J connectivity index is 2.15. The second kappa shape index (κ2) is 5.82. The summed E-state index contributed by atoms with van der Waals surface area (Å²) in [5.74, 6) is -1.16. The van der Waals surface area contributed by atoms with Crippen LogP contribution < -0.4 is 11.1 Å². The molecule has 0 aliphatic rings. The zero-order valence-corrected chi connectivity index (χ0v) is 10.7. The molecule has 0 radical (unpaired) electrons. The van der Waals surface area contributed by atoms with Crippen LogP contribution in [0.25, 0.3) is 0 Å². The number of carbonyl (C=O) groups excluding carboxylic acids is 1. The van der Waals surface area contributed by atoms with Crippen LogP contribution in [0.5, 0.6) is 0 Å². The van der Waals surface area contributed by atoms with E-state index in [0.717, 1.165) is 0 Å². The van der Waals surface area contributed by atoms with Crippen LogP contribution >= 0.6 is 11.6 Å². The average Bonchev–Trinajstić information content (AvgIpc) is 2.44. The van der Waals surface area contributed by atoms with Gasteiger partial charge in [-0.15, -0.1) is 0 Å². The van der Waals surface area contributed by atoms with Crippen molar-refractivity contribution in [3.63, 3.8) is 0 Å². The van der Waals surface area contributed by atoms with Gasteiger partial charge < -0.3 is 11.1 Å². The molecule has 0 spiro atoms. The van der Waals surface area contributed by atoms with Gasteiger partial charge in [-0.1, -0.05) is 48.0 Å². The first-order valence-electron chi connectivity index (χ1n) is 5.65. The minimum atomic E-state index is -0.861. The summed E-state index contributed by atoms with van der Waals surface area (Å²) in [7, 11) is 0. The van der Waals surface area contributed by atoms with Gasteiger partial charge in [0.05, 0.1) is 10.7 Å². The maximum absolute atomic E-state index is 13.6. The molecule has 0 saturated heterocycles. The van der Waals surface area contributed by atoms with E-state index in [9.17, 15) is 9.18 Å². The zero-order valence-electron chi connectivity index (χ0n) is 9.94. The van der Waals surface area contributed by atoms with Crippen LogP contribution in [0.3, 0.4) is 0 Å². The van der Waals surface area contributed by atoms with Crippen molar-refractivity contribution in [2.45, 2.75) is 6.04 Å². The maximum Gasteiger partial charge on any atom is 0.245 e. The van der Waals surface area contributed by atoms with Gasteiger partial charge in [0.1, 0.15) is 6.04 Å². The van der Waals surface area contributed by atoms with Crippen molar-refractivity contribution < 1.29 is 9.18 Å². The van der Waals surface area contributed by atoms with Gasteiger partial charge in [0, 0.05) is 0 Å². The number of amides is 1. The van der Waals surface area contributed by atoms with Gasteiger partial charge in [-0.05, 0) is 17.7 Å². The van der Waals surface area contributed by atoms with Crippen molar-refractivity contribution in [1.29, 1.82) is 0 Å². The molecule has 0 fully saturated rings. The van der Waals surface area contributed by atoms with Gasteiger partial charge in [0.2, 0.25) is 5.91 Å². The molecule has 3 nitrogen and oxygen atoms in total. The highest BCUT2D eigenvalue weighted by Crippen LogP contribution is 2.23. The first-order chi connectivity index (χ1) is 9.09. The minimum Gasteiger partial charge on any atom is -0.322 e. The molecule has 1 atom stereocenters. The van der Waals surface area contributed by atoms with Gasteiger partial charge in [0.25, 0.3) is 0 Å². The molecule has 0 aliphatic heterocycles. The Labute approximate surface area is 115 Å². The molecule has 98 valence electrons. The van der Waals surface area contributed by atoms with Crippen LogP contribution in [0.2, 0.25) is 5.02 Å². The van der Waals surface area contributed by atoms with E-state index in [1.807, 2.05) is 6.07 Å². The van der Waals surface area contributed by atoms with Crippen LogP contribution in [0, 0.1) is 5.82 Å². The summed E-state index contributed by atoms with van der Waals surface area (Å²) in [6.45, 7) is 0. The molecule has 3 N–H and O–H groups in total. The van der Waals surface area contributed by atoms with Crippen molar-refractivity contribution in [3.8, 4) is 0 Å². The Hall–Kier alpha value is -1.91. The van der Waals surface area contributed by atoms with Crippen LogP contribution in [-0.2, 0) is 4.79 Å². The van der Waals surface area contributed by atoms with Crippen molar-refractivity contribution in [3.05, 3.63) is 64.9 Å². The Morgan fingerprint density at radius 2 is 1.84 bits per heavy atom. The standard InChI is InChI=1S/C14H12ClFN2O/c15-10-7-4-8-11(12(10)16)18-14(19)13(17)9-5-2-1-3-6-9/h1-8,13H,17H2,(H,18,19). The highest BCUT2D eigenvalue weighted by Gasteiger charge is 2.17. The first kappa shape index (κ1) is 13.5. The first-order valence-corrected chi connectivity index (χ1v) is 6.03. The molecular formula is C14H12ClFN2O. The molecule has 0 aromatic heterocycles. The zero-order chi connectivity index (χ0) is 13.8. The van der Waals surface area contributed by atoms with Crippen LogP contribution in [0.4, 0.5) is 10.1 Å². The third-order valence-corrected chi connectivity index (χ3v) is 2.94. The summed E-state index contributed by atoms with van der Waals surface area (Å²) >= 11 is 5.64. The van der Waals surface area contributed by atoms with E-state index < -0.39 is 17.8 Å². The lowest BCUT2D eigenvalue weighted by molar-refractivity contribution is -0.117. The predicted molar refractivity (Wildman–Crippen MR) is 73.4 cm³/mol. The van der Waals surface area contributed by atoms with Gasteiger partial charge in [-0.25, -0.2) is 4.39 Å². The maximum atomic E-state index is 13.6. The van der Waals surface area contributed by atoms with Gasteiger partial charge >= 0.3 is 0 Å². The fourth-order valence-corrected chi connectivity index (χ4v) is 1.80. The SMILES string of the molecule is NC(C(=O)Nc1cccc(Cl)c1F)c1ccccc1. The second-order valence-electron chi connectivity index (χ2n) is 3.98. The molecule has 2 aromatic rings. The van der Waals surface area contributed by atoms with E-state index in [2.05, 4.69) is 5.32 Å². The summed E-state index contributed by atoms with van der Waals surface area (Å²) in [5.41, 5.74) is 6.48. The Bertz CT molecular complexity index is 589. The van der Waals surface area contributed by atoms with Crippen molar-refractivity contribution in [2.24, 2.45) is 5.73 Å². The van der Waals surface area contributed by atoms with Crippen LogP contribution in [0.15, 0.2) is 48.5 Å². The molecule has 2 rings (SSSR count). The molecule has 1 amide bonds. The minimum absolute atomic E-state index is 0.0175. The van der Waals surface area contributed by atoms with Crippen LogP contribution in [-0.4, -0.2) is 5.91 Å². The topological polar surface area (TPSA) is 55.1 Å². The number of nitrogens with one attached hydrogen (secondary N) is 1. The van der Waals surface area contributed by atoms with E-state index in [1.54, 1.807) is 30.3 Å². The van der Waals surface area contributed by atoms with Gasteiger partial charge in [-0.3, -0.25) is 4.79 Å². The molecule has 5 heteroatoms. The lowest BCUT2D eigenvalue weighted by atomic mass is 10.1. The van der Waals surface area contributed by atoms with Crippen molar-refractivity contribution in [1.82, 2.24) is 0 Å². The number of halogens is 2. The summed E-state index contributed by atoms with van der Waals surface area (Å²) in [5, 5.41) is 2.38. The van der Waals surface area contributed by atoms with E-state index in [1.165, 1.54) is 12.1 Å². The third kappa shape index (κ3) is 3.10. The largest absolute Gasteiger partial charge is 0.322 e. The number of hydrogen-bond donors (Lipinski definition) is 2. The smallest absolute Gasteiger partial charge is 0.245 e. The highest BCUT2D eigenvalue weighted by atomic mass is 35.5. The van der Waals surface area contributed by atoms with Crippen LogP contribution in [0.1, 0.15) is 11.6 Å². The average molecular weight is 279 g/mol. The molecule has 0 bridgehead atoms. The van der Waals surface area contributed by atoms with E-state index in [-0.39, 0.29) is 10.7 Å². The number of benzene rings is 2. The van der Waals surface area contributed by atoms with E-state index in [4.69, 9.17) is 17.3 Å². The number of hydrogen-bond acceptors (Lipinski definition) is 2. The summed E-state index contributed by atoms with van der Waals surface area (Å²) < 4.78 is 13.6. The van der Waals surface area contributed by atoms with Crippen molar-refractivity contribution >= 4 is 23.2 Å². The third-order valence-electron chi connectivity index (χ3n) is 2.65. The monoisotopic (exact) mass is 278 g/mol. The van der Waals surface area contributed by atoms with E-state index in [0.29, 0.717) is 5.56 Å². The summed E-state index contributed by atoms with van der Waals surface area (Å²) in [4.78, 5) is 11.9.